The minimum absolute atomic E-state index is 0.0996. The molecule has 20 heavy (non-hydrogen) atoms. The highest BCUT2D eigenvalue weighted by Gasteiger charge is 2.18. The van der Waals surface area contributed by atoms with Gasteiger partial charge >= 0.3 is 0 Å². The average Bonchev–Trinajstić information content (AvgIpc) is 2.44. The minimum atomic E-state index is -0.217. The van der Waals surface area contributed by atoms with Crippen molar-refractivity contribution in [3.8, 4) is 0 Å². The van der Waals surface area contributed by atoms with Crippen LogP contribution in [0, 0.1) is 5.82 Å². The number of hydrogen-bond donors (Lipinski definition) is 1. The second-order valence-electron chi connectivity index (χ2n) is 4.55. The highest BCUT2D eigenvalue weighted by Crippen LogP contribution is 2.28. The lowest BCUT2D eigenvalue weighted by Gasteiger charge is -2.20. The highest BCUT2D eigenvalue weighted by atomic mass is 79.9. The topological polar surface area (TPSA) is 12.0 Å². The Balaban J connectivity index is 2.32. The van der Waals surface area contributed by atoms with Crippen LogP contribution in [-0.2, 0) is 6.42 Å². The molecule has 0 heterocycles. The molecule has 1 N–H and O–H groups in total. The van der Waals surface area contributed by atoms with Crippen molar-refractivity contribution in [3.63, 3.8) is 0 Å². The maximum absolute atomic E-state index is 14.3. The molecule has 0 aliphatic heterocycles. The number of hydrogen-bond acceptors (Lipinski definition) is 1. The monoisotopic (exact) mass is 355 g/mol. The van der Waals surface area contributed by atoms with Gasteiger partial charge in [-0.2, -0.15) is 0 Å². The molecule has 0 aliphatic carbocycles. The molecule has 0 aliphatic rings. The van der Waals surface area contributed by atoms with Gasteiger partial charge in [0.1, 0.15) is 5.82 Å². The Kier molecular flexibility index (Phi) is 5.58. The molecule has 0 saturated carbocycles. The van der Waals surface area contributed by atoms with Crippen LogP contribution in [-0.4, -0.2) is 6.54 Å². The summed E-state index contributed by atoms with van der Waals surface area (Å²) in [5.74, 6) is -0.217. The minimum Gasteiger partial charge on any atom is -0.310 e. The summed E-state index contributed by atoms with van der Waals surface area (Å²) in [6.45, 7) is 2.77. The largest absolute Gasteiger partial charge is 0.310 e. The molecular formula is C16H16BrClFN. The summed E-state index contributed by atoms with van der Waals surface area (Å²) in [4.78, 5) is 0. The lowest BCUT2D eigenvalue weighted by Crippen LogP contribution is -2.24. The van der Waals surface area contributed by atoms with E-state index in [-0.39, 0.29) is 11.9 Å². The Labute approximate surface area is 132 Å². The first-order valence-corrected chi connectivity index (χ1v) is 7.71. The molecule has 2 rings (SSSR count). The van der Waals surface area contributed by atoms with E-state index in [1.807, 2.05) is 43.3 Å². The fraction of sp³-hybridized carbons (Fsp3) is 0.250. The summed E-state index contributed by atoms with van der Waals surface area (Å²) in [6, 6.07) is 12.9. The molecule has 4 heteroatoms. The van der Waals surface area contributed by atoms with E-state index in [0.29, 0.717) is 21.5 Å². The summed E-state index contributed by atoms with van der Waals surface area (Å²) in [5.41, 5.74) is 1.67. The van der Waals surface area contributed by atoms with Crippen LogP contribution in [0.2, 0.25) is 5.02 Å². The third-order valence-electron chi connectivity index (χ3n) is 3.19. The van der Waals surface area contributed by atoms with E-state index < -0.39 is 0 Å². The Morgan fingerprint density at radius 1 is 1.20 bits per heavy atom. The van der Waals surface area contributed by atoms with Gasteiger partial charge in [-0.05, 0) is 46.6 Å². The summed E-state index contributed by atoms with van der Waals surface area (Å²) in [7, 11) is 0. The van der Waals surface area contributed by atoms with Crippen molar-refractivity contribution in [1.29, 1.82) is 0 Å². The van der Waals surface area contributed by atoms with Crippen LogP contribution in [0.3, 0.4) is 0 Å². The fourth-order valence-electron chi connectivity index (χ4n) is 2.21. The Bertz CT molecular complexity index is 588. The second kappa shape index (κ2) is 7.21. The van der Waals surface area contributed by atoms with Gasteiger partial charge in [-0.3, -0.25) is 0 Å². The zero-order valence-corrected chi connectivity index (χ0v) is 13.5. The van der Waals surface area contributed by atoms with Gasteiger partial charge in [-0.1, -0.05) is 48.9 Å². The second-order valence-corrected chi connectivity index (χ2v) is 5.81. The molecule has 0 bridgehead atoms. The van der Waals surface area contributed by atoms with Crippen LogP contribution in [0.1, 0.15) is 24.1 Å². The predicted octanol–water partition coefficient (Wildman–Crippen LogP) is 5.13. The Morgan fingerprint density at radius 3 is 2.65 bits per heavy atom. The highest BCUT2D eigenvalue weighted by molar-refractivity contribution is 9.10. The van der Waals surface area contributed by atoms with Crippen LogP contribution in [0.15, 0.2) is 46.9 Å². The first-order valence-electron chi connectivity index (χ1n) is 6.54. The van der Waals surface area contributed by atoms with Crippen molar-refractivity contribution in [2.24, 2.45) is 0 Å². The molecule has 1 nitrogen and oxygen atoms in total. The van der Waals surface area contributed by atoms with Gasteiger partial charge in [0.15, 0.2) is 0 Å². The van der Waals surface area contributed by atoms with Crippen LogP contribution in [0.25, 0.3) is 0 Å². The third-order valence-corrected chi connectivity index (χ3v) is 4.17. The molecule has 1 atom stereocenters. The van der Waals surface area contributed by atoms with Gasteiger partial charge in [-0.25, -0.2) is 4.39 Å². The molecule has 1 unspecified atom stereocenters. The zero-order valence-electron chi connectivity index (χ0n) is 11.2. The molecule has 0 amide bonds. The molecule has 0 aromatic heterocycles. The van der Waals surface area contributed by atoms with Crippen molar-refractivity contribution in [1.82, 2.24) is 5.32 Å². The normalized spacial score (nSPS) is 12.4. The van der Waals surface area contributed by atoms with Gasteiger partial charge in [-0.15, -0.1) is 0 Å². The molecule has 2 aromatic rings. The quantitative estimate of drug-likeness (QED) is 0.782. The van der Waals surface area contributed by atoms with E-state index in [9.17, 15) is 4.39 Å². The van der Waals surface area contributed by atoms with Gasteiger partial charge in [0.2, 0.25) is 0 Å². The van der Waals surface area contributed by atoms with Crippen molar-refractivity contribution >= 4 is 27.5 Å². The standard InChI is InChI=1S/C16H16BrClFN/c1-2-20-15(10-11-6-3-4-9-14(11)18)12-7-5-8-13(17)16(12)19/h3-9,15,20H,2,10H2,1H3. The molecule has 106 valence electrons. The van der Waals surface area contributed by atoms with Gasteiger partial charge < -0.3 is 5.32 Å². The van der Waals surface area contributed by atoms with Gasteiger partial charge in [0.25, 0.3) is 0 Å². The molecule has 0 radical (unpaired) electrons. The number of likely N-dealkylation sites (N-methyl/N-ethyl adjacent to an activating group) is 1. The van der Waals surface area contributed by atoms with Crippen LogP contribution < -0.4 is 5.32 Å². The number of rotatable bonds is 5. The smallest absolute Gasteiger partial charge is 0.142 e. The third kappa shape index (κ3) is 3.60. The van der Waals surface area contributed by atoms with Crippen LogP contribution in [0.4, 0.5) is 4.39 Å². The van der Waals surface area contributed by atoms with E-state index in [2.05, 4.69) is 21.2 Å². The maximum atomic E-state index is 14.3. The van der Waals surface area contributed by atoms with E-state index in [4.69, 9.17) is 11.6 Å². The van der Waals surface area contributed by atoms with E-state index >= 15 is 0 Å². The molecule has 2 aromatic carbocycles. The van der Waals surface area contributed by atoms with Gasteiger partial charge in [0.05, 0.1) is 4.47 Å². The molecular weight excluding hydrogens is 341 g/mol. The Hall–Kier alpha value is -0.900. The van der Waals surface area contributed by atoms with E-state index in [0.717, 1.165) is 12.1 Å². The van der Waals surface area contributed by atoms with Crippen molar-refractivity contribution < 1.29 is 4.39 Å². The maximum Gasteiger partial charge on any atom is 0.142 e. The zero-order chi connectivity index (χ0) is 14.5. The van der Waals surface area contributed by atoms with E-state index in [1.165, 1.54) is 0 Å². The summed E-state index contributed by atoms with van der Waals surface area (Å²) in [6.07, 6.45) is 0.654. The van der Waals surface area contributed by atoms with Crippen LogP contribution in [0.5, 0.6) is 0 Å². The summed E-state index contributed by atoms with van der Waals surface area (Å²) < 4.78 is 14.7. The summed E-state index contributed by atoms with van der Waals surface area (Å²) >= 11 is 9.43. The Morgan fingerprint density at radius 2 is 1.95 bits per heavy atom. The van der Waals surface area contributed by atoms with Crippen molar-refractivity contribution in [2.75, 3.05) is 6.54 Å². The van der Waals surface area contributed by atoms with E-state index in [1.54, 1.807) is 6.07 Å². The van der Waals surface area contributed by atoms with Crippen molar-refractivity contribution in [3.05, 3.63) is 68.9 Å². The number of halogens is 3. The fourth-order valence-corrected chi connectivity index (χ4v) is 2.81. The summed E-state index contributed by atoms with van der Waals surface area (Å²) in [5, 5.41) is 4.04. The number of nitrogens with one attached hydrogen (secondary N) is 1. The van der Waals surface area contributed by atoms with Gasteiger partial charge in [0, 0.05) is 16.6 Å². The SMILES string of the molecule is CCNC(Cc1ccccc1Cl)c1cccc(Br)c1F. The molecule has 0 fully saturated rings. The first kappa shape index (κ1) is 15.5. The molecule has 0 saturated heterocycles. The average molecular weight is 357 g/mol. The van der Waals surface area contributed by atoms with Crippen molar-refractivity contribution in [2.45, 2.75) is 19.4 Å². The lowest BCUT2D eigenvalue weighted by molar-refractivity contribution is 0.507. The number of benzene rings is 2. The van der Waals surface area contributed by atoms with Crippen LogP contribution >= 0.6 is 27.5 Å². The lowest BCUT2D eigenvalue weighted by atomic mass is 9.98. The molecule has 0 spiro atoms. The predicted molar refractivity (Wildman–Crippen MR) is 85.7 cm³/mol. The first-order chi connectivity index (χ1) is 9.63.